The maximum absolute atomic E-state index is 14.4. The van der Waals surface area contributed by atoms with Crippen LogP contribution in [0.25, 0.3) is 0 Å². The van der Waals surface area contributed by atoms with E-state index in [1.54, 1.807) is 12.1 Å². The molecule has 2 N–H and O–H groups in total. The number of nitrogens with two attached hydrogens (primary N) is 1. The quantitative estimate of drug-likeness (QED) is 0.822. The first-order valence-electron chi connectivity index (χ1n) is 7.72. The van der Waals surface area contributed by atoms with Crippen molar-refractivity contribution in [1.82, 2.24) is 5.16 Å². The molecule has 0 radical (unpaired) electrons. The number of carbonyl (C=O) groups is 1. The van der Waals surface area contributed by atoms with Crippen LogP contribution in [0.1, 0.15) is 35.0 Å². The lowest BCUT2D eigenvalue weighted by molar-refractivity contribution is 0.0957. The van der Waals surface area contributed by atoms with Gasteiger partial charge in [-0.05, 0) is 36.2 Å². The Morgan fingerprint density at radius 1 is 1.48 bits per heavy atom. The molecule has 6 nitrogen and oxygen atoms in total. The molecule has 0 saturated heterocycles. The number of thioether (sulfide) groups is 1. The van der Waals surface area contributed by atoms with Crippen LogP contribution < -0.4 is 10.5 Å². The Balaban J connectivity index is 1.86. The van der Waals surface area contributed by atoms with Crippen molar-refractivity contribution < 1.29 is 18.4 Å². The summed E-state index contributed by atoms with van der Waals surface area (Å²) in [5.74, 6) is 0.487. The predicted molar refractivity (Wildman–Crippen MR) is 93.5 cm³/mol. The Labute approximate surface area is 148 Å². The van der Waals surface area contributed by atoms with Crippen molar-refractivity contribution >= 4 is 22.7 Å². The normalized spacial score (nSPS) is 20.2. The van der Waals surface area contributed by atoms with Gasteiger partial charge in [-0.15, -0.1) is 0 Å². The lowest BCUT2D eigenvalue weighted by atomic mass is 9.87. The highest BCUT2D eigenvalue weighted by molar-refractivity contribution is 8.13. The molecule has 0 fully saturated rings. The molecule has 0 unspecified atom stereocenters. The highest BCUT2D eigenvalue weighted by Gasteiger charge is 2.32. The molecule has 1 aliphatic rings. The van der Waals surface area contributed by atoms with Crippen LogP contribution in [0.15, 0.2) is 33.8 Å². The molecule has 25 heavy (non-hydrogen) atoms. The molecule has 0 bridgehead atoms. The summed E-state index contributed by atoms with van der Waals surface area (Å²) in [6.07, 6.45) is 0.738. The smallest absolute Gasteiger partial charge is 0.254 e. The van der Waals surface area contributed by atoms with Gasteiger partial charge in [0, 0.05) is 17.7 Å². The van der Waals surface area contributed by atoms with E-state index in [-0.39, 0.29) is 29.7 Å². The Morgan fingerprint density at radius 3 is 2.96 bits per heavy atom. The first kappa shape index (κ1) is 17.5. The van der Waals surface area contributed by atoms with Gasteiger partial charge >= 0.3 is 0 Å². The van der Waals surface area contributed by atoms with E-state index in [0.29, 0.717) is 22.7 Å². The standard InChI is InChI=1S/C17H18FN3O3S/c1-17(5-6-25-16(19)20-17)11-7-10(3-4-12(11)18)8-13(22)14-9-15(23-2)21-24-14/h3-4,7,9H,5-6,8H2,1-2H3,(H2,19,20)/t17-/m0/s1. The Kier molecular flexibility index (Phi) is 4.80. The SMILES string of the molecule is COc1cc(C(=O)Cc2ccc(F)c([C@]3(C)CCSC(N)=N3)c2)on1. The van der Waals surface area contributed by atoms with Gasteiger partial charge < -0.3 is 15.0 Å². The molecule has 0 aliphatic carbocycles. The summed E-state index contributed by atoms with van der Waals surface area (Å²) in [5.41, 5.74) is 6.20. The predicted octanol–water partition coefficient (Wildman–Crippen LogP) is 2.91. The van der Waals surface area contributed by atoms with Gasteiger partial charge in [-0.1, -0.05) is 17.8 Å². The van der Waals surface area contributed by atoms with E-state index < -0.39 is 5.54 Å². The molecule has 1 atom stereocenters. The molecule has 1 aromatic heterocycles. The van der Waals surface area contributed by atoms with Crippen molar-refractivity contribution in [2.45, 2.75) is 25.3 Å². The minimum atomic E-state index is -0.728. The number of hydrogen-bond donors (Lipinski definition) is 1. The molecule has 2 heterocycles. The van der Waals surface area contributed by atoms with Gasteiger partial charge in [0.05, 0.1) is 18.7 Å². The number of aliphatic imine (C=N–C) groups is 1. The summed E-state index contributed by atoms with van der Waals surface area (Å²) in [5, 5.41) is 4.06. The second-order valence-corrected chi connectivity index (χ2v) is 7.09. The van der Waals surface area contributed by atoms with Crippen LogP contribution in [0.2, 0.25) is 0 Å². The summed E-state index contributed by atoms with van der Waals surface area (Å²) < 4.78 is 24.2. The van der Waals surface area contributed by atoms with Gasteiger partial charge in [-0.3, -0.25) is 9.79 Å². The van der Waals surface area contributed by atoms with Gasteiger partial charge in [0.25, 0.3) is 5.88 Å². The van der Waals surface area contributed by atoms with E-state index in [1.807, 2.05) is 6.92 Å². The zero-order valence-electron chi connectivity index (χ0n) is 13.9. The van der Waals surface area contributed by atoms with Crippen LogP contribution in [0.5, 0.6) is 5.88 Å². The lowest BCUT2D eigenvalue weighted by Gasteiger charge is -2.30. The fourth-order valence-corrected chi connectivity index (χ4v) is 3.71. The van der Waals surface area contributed by atoms with Crippen molar-refractivity contribution in [3.63, 3.8) is 0 Å². The Bertz CT molecular complexity index is 836. The number of aromatic nitrogens is 1. The van der Waals surface area contributed by atoms with E-state index in [9.17, 15) is 9.18 Å². The van der Waals surface area contributed by atoms with Crippen LogP contribution in [0, 0.1) is 5.82 Å². The van der Waals surface area contributed by atoms with Crippen molar-refractivity contribution in [2.24, 2.45) is 10.7 Å². The molecular formula is C17H18FN3O3S. The Morgan fingerprint density at radius 2 is 2.28 bits per heavy atom. The summed E-state index contributed by atoms with van der Waals surface area (Å²) >= 11 is 1.46. The van der Waals surface area contributed by atoms with Crippen molar-refractivity contribution in [1.29, 1.82) is 0 Å². The molecular weight excluding hydrogens is 345 g/mol. The van der Waals surface area contributed by atoms with E-state index in [1.165, 1.54) is 31.0 Å². The zero-order chi connectivity index (χ0) is 18.0. The summed E-state index contributed by atoms with van der Waals surface area (Å²) in [4.78, 5) is 16.7. The average Bonchev–Trinajstić information content (AvgIpc) is 3.05. The molecule has 1 aliphatic heterocycles. The number of hydrogen-bond acceptors (Lipinski definition) is 7. The van der Waals surface area contributed by atoms with E-state index in [2.05, 4.69) is 10.1 Å². The van der Waals surface area contributed by atoms with Crippen LogP contribution in [0.3, 0.4) is 0 Å². The number of ether oxygens (including phenoxy) is 1. The third kappa shape index (κ3) is 3.68. The number of amidine groups is 1. The highest BCUT2D eigenvalue weighted by Crippen LogP contribution is 2.36. The molecule has 2 aromatic rings. The van der Waals surface area contributed by atoms with Gasteiger partial charge in [0.1, 0.15) is 5.82 Å². The number of nitrogens with zero attached hydrogens (tertiary/aromatic N) is 2. The highest BCUT2D eigenvalue weighted by atomic mass is 32.2. The van der Waals surface area contributed by atoms with E-state index in [0.717, 1.165) is 5.75 Å². The number of benzene rings is 1. The number of methoxy groups -OCH3 is 1. The summed E-state index contributed by atoms with van der Waals surface area (Å²) in [7, 11) is 1.44. The fraction of sp³-hybridized carbons (Fsp3) is 0.353. The molecule has 3 rings (SSSR count). The summed E-state index contributed by atoms with van der Waals surface area (Å²) in [6.45, 7) is 1.85. The fourth-order valence-electron chi connectivity index (χ4n) is 2.73. The number of ketones is 1. The third-order valence-corrected chi connectivity index (χ3v) is 4.94. The second-order valence-electron chi connectivity index (χ2n) is 5.97. The van der Waals surface area contributed by atoms with Crippen LogP contribution in [-0.4, -0.2) is 29.0 Å². The average molecular weight is 363 g/mol. The van der Waals surface area contributed by atoms with Gasteiger partial charge in [0.2, 0.25) is 11.5 Å². The lowest BCUT2D eigenvalue weighted by Crippen LogP contribution is -2.29. The molecule has 0 spiro atoms. The third-order valence-electron chi connectivity index (χ3n) is 4.14. The molecule has 132 valence electrons. The number of Topliss-reactive ketones (excluding diaryl/α,β-unsaturated/α-hetero) is 1. The van der Waals surface area contributed by atoms with Gasteiger partial charge in [-0.25, -0.2) is 4.39 Å². The minimum absolute atomic E-state index is 0.0651. The molecule has 1 aromatic carbocycles. The number of halogens is 1. The molecule has 0 amide bonds. The number of rotatable bonds is 5. The van der Waals surface area contributed by atoms with Gasteiger partial charge in [0.15, 0.2) is 5.17 Å². The first-order chi connectivity index (χ1) is 11.9. The maximum atomic E-state index is 14.4. The van der Waals surface area contributed by atoms with E-state index in [4.69, 9.17) is 15.0 Å². The number of carbonyl (C=O) groups excluding carboxylic acids is 1. The van der Waals surface area contributed by atoms with Crippen LogP contribution in [-0.2, 0) is 12.0 Å². The first-order valence-corrected chi connectivity index (χ1v) is 8.71. The largest absolute Gasteiger partial charge is 0.479 e. The monoisotopic (exact) mass is 363 g/mol. The second kappa shape index (κ2) is 6.87. The van der Waals surface area contributed by atoms with Crippen molar-refractivity contribution in [3.8, 4) is 5.88 Å². The summed E-state index contributed by atoms with van der Waals surface area (Å²) in [6, 6.07) is 6.04. The van der Waals surface area contributed by atoms with Crippen LogP contribution in [0.4, 0.5) is 4.39 Å². The van der Waals surface area contributed by atoms with E-state index >= 15 is 0 Å². The van der Waals surface area contributed by atoms with Crippen LogP contribution >= 0.6 is 11.8 Å². The Hall–Kier alpha value is -2.35. The maximum Gasteiger partial charge on any atom is 0.254 e. The van der Waals surface area contributed by atoms with Crippen molar-refractivity contribution in [3.05, 3.63) is 47.0 Å². The topological polar surface area (TPSA) is 90.7 Å². The van der Waals surface area contributed by atoms with Gasteiger partial charge in [-0.2, -0.15) is 0 Å². The molecule has 0 saturated carbocycles. The minimum Gasteiger partial charge on any atom is -0.479 e. The zero-order valence-corrected chi connectivity index (χ0v) is 14.7. The van der Waals surface area contributed by atoms with Crippen molar-refractivity contribution in [2.75, 3.05) is 12.9 Å². The molecule has 8 heteroatoms.